The Bertz CT molecular complexity index is 813. The molecule has 1 amide bonds. The Balaban J connectivity index is 1.60. The van der Waals surface area contributed by atoms with E-state index < -0.39 is 0 Å². The summed E-state index contributed by atoms with van der Waals surface area (Å²) in [5, 5.41) is 12.1. The Morgan fingerprint density at radius 3 is 2.96 bits per heavy atom. The monoisotopic (exact) mass is 338 g/mol. The van der Waals surface area contributed by atoms with E-state index in [0.717, 1.165) is 35.6 Å². The number of carbonyl (C=O) groups is 1. The van der Waals surface area contributed by atoms with Gasteiger partial charge in [-0.25, -0.2) is 0 Å². The molecule has 3 heterocycles. The second-order valence-electron chi connectivity index (χ2n) is 5.82. The van der Waals surface area contributed by atoms with Crippen molar-refractivity contribution in [1.29, 1.82) is 0 Å². The van der Waals surface area contributed by atoms with Crippen molar-refractivity contribution < 1.29 is 4.79 Å². The largest absolute Gasteiger partial charge is 0.329 e. The van der Waals surface area contributed by atoms with E-state index in [4.69, 9.17) is 0 Å². The molecule has 2 aromatic heterocycles. The number of hydrogen-bond acceptors (Lipinski definition) is 4. The van der Waals surface area contributed by atoms with E-state index in [1.165, 1.54) is 5.56 Å². The minimum atomic E-state index is 0.0738. The van der Waals surface area contributed by atoms with Crippen LogP contribution in [0.1, 0.15) is 22.0 Å². The van der Waals surface area contributed by atoms with E-state index >= 15 is 0 Å². The van der Waals surface area contributed by atoms with Crippen molar-refractivity contribution in [2.75, 3.05) is 19.6 Å². The van der Waals surface area contributed by atoms with E-state index in [9.17, 15) is 4.79 Å². The molecule has 0 saturated carbocycles. The van der Waals surface area contributed by atoms with E-state index in [1.807, 2.05) is 40.7 Å². The Morgan fingerprint density at radius 1 is 1.29 bits per heavy atom. The fraction of sp³-hybridized carbons (Fsp3) is 0.222. The summed E-state index contributed by atoms with van der Waals surface area (Å²) < 4.78 is 0. The van der Waals surface area contributed by atoms with Crippen molar-refractivity contribution in [3.05, 3.63) is 65.3 Å². The van der Waals surface area contributed by atoms with Crippen molar-refractivity contribution in [1.82, 2.24) is 20.4 Å². The molecular weight excluding hydrogens is 320 g/mol. The molecule has 4 rings (SSSR count). The zero-order valence-corrected chi connectivity index (χ0v) is 13.9. The van der Waals surface area contributed by atoms with Gasteiger partial charge < -0.3 is 10.2 Å². The quantitative estimate of drug-likeness (QED) is 0.772. The Labute approximate surface area is 144 Å². The Hall–Kier alpha value is -2.44. The van der Waals surface area contributed by atoms with Crippen molar-refractivity contribution in [3.8, 4) is 10.4 Å². The van der Waals surface area contributed by atoms with E-state index in [0.29, 0.717) is 0 Å². The topological polar surface area (TPSA) is 61.0 Å². The number of nitrogens with one attached hydrogen (secondary N) is 2. The van der Waals surface area contributed by atoms with Crippen molar-refractivity contribution in [2.45, 2.75) is 6.04 Å². The number of H-pyrrole nitrogens is 1. The highest BCUT2D eigenvalue weighted by atomic mass is 32.1. The summed E-state index contributed by atoms with van der Waals surface area (Å²) in [7, 11) is 0. The van der Waals surface area contributed by atoms with Crippen LogP contribution in [0.2, 0.25) is 0 Å². The molecule has 24 heavy (non-hydrogen) atoms. The molecule has 1 atom stereocenters. The highest BCUT2D eigenvalue weighted by molar-refractivity contribution is 7.13. The highest BCUT2D eigenvalue weighted by Gasteiger charge is 2.29. The molecule has 1 aliphatic rings. The number of nitrogens with zero attached hydrogens (tertiary/aromatic N) is 2. The van der Waals surface area contributed by atoms with Gasteiger partial charge in [-0.05, 0) is 11.6 Å². The molecule has 3 aromatic rings. The van der Waals surface area contributed by atoms with Crippen LogP contribution in [0.15, 0.2) is 54.2 Å². The zero-order chi connectivity index (χ0) is 16.4. The maximum atomic E-state index is 13.0. The summed E-state index contributed by atoms with van der Waals surface area (Å²) in [6.45, 7) is 2.33. The average molecular weight is 338 g/mol. The van der Waals surface area contributed by atoms with Crippen LogP contribution in [0.4, 0.5) is 0 Å². The van der Waals surface area contributed by atoms with Crippen molar-refractivity contribution >= 4 is 17.2 Å². The first kappa shape index (κ1) is 15.1. The van der Waals surface area contributed by atoms with Gasteiger partial charge in [0, 0.05) is 41.7 Å². The molecule has 1 fully saturated rings. The molecule has 6 heteroatoms. The second kappa shape index (κ2) is 6.59. The van der Waals surface area contributed by atoms with Crippen LogP contribution in [0, 0.1) is 0 Å². The summed E-state index contributed by atoms with van der Waals surface area (Å²) >= 11 is 1.57. The summed E-state index contributed by atoms with van der Waals surface area (Å²) in [4.78, 5) is 16.1. The summed E-state index contributed by atoms with van der Waals surface area (Å²) in [6.07, 6.45) is 3.62. The number of aromatic amines is 1. The lowest BCUT2D eigenvalue weighted by molar-refractivity contribution is 0.0635. The number of amides is 1. The van der Waals surface area contributed by atoms with Crippen LogP contribution in [0.3, 0.4) is 0 Å². The minimum absolute atomic E-state index is 0.0738. The molecule has 5 nitrogen and oxygen atoms in total. The van der Waals surface area contributed by atoms with Crippen LogP contribution in [0.25, 0.3) is 10.4 Å². The van der Waals surface area contributed by atoms with Gasteiger partial charge in [0.1, 0.15) is 0 Å². The normalized spacial score (nSPS) is 17.8. The molecular formula is C18H18N4OS. The van der Waals surface area contributed by atoms with Crippen LogP contribution in [-0.2, 0) is 0 Å². The van der Waals surface area contributed by atoms with Gasteiger partial charge in [0.05, 0.1) is 17.8 Å². The third-order valence-electron chi connectivity index (χ3n) is 4.32. The van der Waals surface area contributed by atoms with Crippen LogP contribution < -0.4 is 5.32 Å². The highest BCUT2D eigenvalue weighted by Crippen LogP contribution is 2.29. The third kappa shape index (κ3) is 2.86. The smallest absolute Gasteiger partial charge is 0.255 e. The van der Waals surface area contributed by atoms with Crippen LogP contribution >= 0.6 is 11.3 Å². The molecule has 2 N–H and O–H groups in total. The predicted molar refractivity (Wildman–Crippen MR) is 95.0 cm³/mol. The summed E-state index contributed by atoms with van der Waals surface area (Å²) in [6, 6.07) is 12.3. The van der Waals surface area contributed by atoms with Gasteiger partial charge in [0.15, 0.2) is 0 Å². The van der Waals surface area contributed by atoms with Gasteiger partial charge in [0.25, 0.3) is 5.91 Å². The van der Waals surface area contributed by atoms with Gasteiger partial charge in [-0.15, -0.1) is 11.3 Å². The lowest BCUT2D eigenvalue weighted by atomic mass is 10.0. The maximum Gasteiger partial charge on any atom is 0.255 e. The van der Waals surface area contributed by atoms with Gasteiger partial charge in [0.2, 0.25) is 0 Å². The Morgan fingerprint density at radius 2 is 2.17 bits per heavy atom. The molecule has 0 aliphatic carbocycles. The van der Waals surface area contributed by atoms with Crippen molar-refractivity contribution in [3.63, 3.8) is 0 Å². The number of hydrogen-bond donors (Lipinski definition) is 2. The molecule has 0 radical (unpaired) electrons. The van der Waals surface area contributed by atoms with Crippen molar-refractivity contribution in [2.24, 2.45) is 0 Å². The number of rotatable bonds is 3. The number of benzene rings is 1. The first-order valence-electron chi connectivity index (χ1n) is 7.97. The maximum absolute atomic E-state index is 13.0. The van der Waals surface area contributed by atoms with Gasteiger partial charge in [-0.2, -0.15) is 5.10 Å². The molecule has 1 unspecified atom stereocenters. The fourth-order valence-electron chi connectivity index (χ4n) is 3.07. The fourth-order valence-corrected chi connectivity index (χ4v) is 3.94. The van der Waals surface area contributed by atoms with E-state index in [2.05, 4.69) is 27.6 Å². The van der Waals surface area contributed by atoms with E-state index in [-0.39, 0.29) is 11.9 Å². The summed E-state index contributed by atoms with van der Waals surface area (Å²) in [5.74, 6) is 0.0938. The zero-order valence-electron chi connectivity index (χ0n) is 13.1. The van der Waals surface area contributed by atoms with Crippen LogP contribution in [-0.4, -0.2) is 40.6 Å². The minimum Gasteiger partial charge on any atom is -0.329 e. The number of aromatic nitrogens is 2. The van der Waals surface area contributed by atoms with E-state index in [1.54, 1.807) is 17.5 Å². The van der Waals surface area contributed by atoms with Gasteiger partial charge in [-0.3, -0.25) is 9.89 Å². The number of thiophene rings is 1. The lowest BCUT2D eigenvalue weighted by Crippen LogP contribution is -2.48. The number of carbonyl (C=O) groups excluding carboxylic acids is 1. The first-order valence-corrected chi connectivity index (χ1v) is 8.85. The molecule has 122 valence electrons. The average Bonchev–Trinajstić information content (AvgIpc) is 3.33. The molecule has 1 saturated heterocycles. The number of piperazine rings is 1. The first-order chi connectivity index (χ1) is 11.8. The van der Waals surface area contributed by atoms with Gasteiger partial charge in [-0.1, -0.05) is 30.3 Å². The standard InChI is InChI=1S/C18H18N4OS/c23-18(14-8-17(24-12-14)15-9-20-21-10-15)22-7-6-19-11-16(22)13-4-2-1-3-5-13/h1-5,8-10,12,16,19H,6-7,11H2,(H,20,21). The lowest BCUT2D eigenvalue weighted by Gasteiger charge is -2.36. The summed E-state index contributed by atoms with van der Waals surface area (Å²) in [5.41, 5.74) is 2.93. The molecule has 0 bridgehead atoms. The molecule has 1 aliphatic heterocycles. The molecule has 1 aromatic carbocycles. The molecule has 0 spiro atoms. The van der Waals surface area contributed by atoms with Gasteiger partial charge >= 0.3 is 0 Å². The SMILES string of the molecule is O=C(c1csc(-c2cn[nH]c2)c1)N1CCNCC1c1ccccc1. The third-order valence-corrected chi connectivity index (χ3v) is 5.30. The Kier molecular flexibility index (Phi) is 4.15. The van der Waals surface area contributed by atoms with Crippen LogP contribution in [0.5, 0.6) is 0 Å². The predicted octanol–water partition coefficient (Wildman–Crippen LogP) is 2.92. The second-order valence-corrected chi connectivity index (χ2v) is 6.73.